The summed E-state index contributed by atoms with van der Waals surface area (Å²) in [7, 11) is 0. The Morgan fingerprint density at radius 1 is 1.29 bits per heavy atom. The van der Waals surface area contributed by atoms with Gasteiger partial charge in [-0.15, -0.1) is 0 Å². The second-order valence-corrected chi connectivity index (χ2v) is 4.09. The molecule has 1 heterocycles. The Balaban J connectivity index is 2.85. The zero-order valence-corrected chi connectivity index (χ0v) is 9.30. The fourth-order valence-corrected chi connectivity index (χ4v) is 1.90. The smallest absolute Gasteiger partial charge is 0.305 e. The molecule has 0 fully saturated rings. The van der Waals surface area contributed by atoms with Gasteiger partial charge in [-0.05, 0) is 26.0 Å². The Labute approximate surface area is 94.9 Å². The van der Waals surface area contributed by atoms with E-state index in [9.17, 15) is 18.0 Å². The Morgan fingerprint density at radius 3 is 2.47 bits per heavy atom. The minimum Gasteiger partial charge on any atom is -0.305 e. The van der Waals surface area contributed by atoms with Crippen molar-refractivity contribution in [2.45, 2.75) is 26.1 Å². The minimum atomic E-state index is -4.47. The summed E-state index contributed by atoms with van der Waals surface area (Å²) < 4.78 is 39.5. The van der Waals surface area contributed by atoms with Crippen LogP contribution in [0.2, 0.25) is 0 Å². The molecule has 17 heavy (non-hydrogen) atoms. The highest BCUT2D eigenvalue weighted by Gasteiger charge is 2.33. The maximum Gasteiger partial charge on any atom is 0.418 e. The zero-order valence-electron chi connectivity index (χ0n) is 9.30. The molecule has 0 spiro atoms. The zero-order chi connectivity index (χ0) is 12.8. The monoisotopic (exact) mass is 244 g/mol. The number of hydrogen-bond acceptors (Lipinski definition) is 1. The summed E-state index contributed by atoms with van der Waals surface area (Å²) in [6, 6.07) is 3.57. The molecule has 0 aliphatic rings. The number of H-pyrrole nitrogens is 1. The number of halogens is 3. The van der Waals surface area contributed by atoms with Crippen LogP contribution in [0, 0.1) is 0 Å². The van der Waals surface area contributed by atoms with Crippen molar-refractivity contribution >= 4 is 11.0 Å². The van der Waals surface area contributed by atoms with Gasteiger partial charge in [-0.2, -0.15) is 13.2 Å². The van der Waals surface area contributed by atoms with E-state index in [0.717, 1.165) is 6.07 Å². The van der Waals surface area contributed by atoms with E-state index in [1.165, 1.54) is 16.7 Å². The third kappa shape index (κ3) is 1.83. The molecule has 6 heteroatoms. The van der Waals surface area contributed by atoms with Crippen molar-refractivity contribution in [3.8, 4) is 0 Å². The molecule has 0 bridgehead atoms. The van der Waals surface area contributed by atoms with Gasteiger partial charge in [0.2, 0.25) is 0 Å². The van der Waals surface area contributed by atoms with Crippen molar-refractivity contribution in [2.24, 2.45) is 0 Å². The molecule has 2 rings (SSSR count). The first-order chi connectivity index (χ1) is 7.82. The van der Waals surface area contributed by atoms with Crippen LogP contribution in [0.4, 0.5) is 13.2 Å². The maximum atomic E-state index is 12.7. The van der Waals surface area contributed by atoms with Crippen LogP contribution in [0.1, 0.15) is 25.5 Å². The van der Waals surface area contributed by atoms with Crippen LogP contribution in [0.3, 0.4) is 0 Å². The van der Waals surface area contributed by atoms with Gasteiger partial charge in [-0.25, -0.2) is 4.79 Å². The largest absolute Gasteiger partial charge is 0.418 e. The van der Waals surface area contributed by atoms with Crippen molar-refractivity contribution in [1.82, 2.24) is 9.55 Å². The lowest BCUT2D eigenvalue weighted by atomic mass is 10.1. The molecule has 1 N–H and O–H groups in total. The third-order valence-corrected chi connectivity index (χ3v) is 2.57. The fraction of sp³-hybridized carbons (Fsp3) is 0.364. The van der Waals surface area contributed by atoms with E-state index in [1.54, 1.807) is 13.8 Å². The minimum absolute atomic E-state index is 0.154. The highest BCUT2D eigenvalue weighted by Crippen LogP contribution is 2.33. The molecule has 0 atom stereocenters. The summed E-state index contributed by atoms with van der Waals surface area (Å²) in [5, 5.41) is 0. The number of aromatic nitrogens is 2. The normalized spacial score (nSPS) is 12.6. The molecule has 0 amide bonds. The fourth-order valence-electron chi connectivity index (χ4n) is 1.90. The predicted octanol–water partition coefficient (Wildman–Crippen LogP) is 2.93. The summed E-state index contributed by atoms with van der Waals surface area (Å²) in [6.45, 7) is 3.49. The molecule has 0 unspecified atom stereocenters. The van der Waals surface area contributed by atoms with Gasteiger partial charge >= 0.3 is 11.9 Å². The highest BCUT2D eigenvalue weighted by atomic mass is 19.4. The lowest BCUT2D eigenvalue weighted by molar-refractivity contribution is -0.136. The first kappa shape index (κ1) is 11.8. The molecule has 0 radical (unpaired) electrons. The number of hydrogen-bond donors (Lipinski definition) is 1. The molecule has 92 valence electrons. The van der Waals surface area contributed by atoms with Crippen LogP contribution in [0.15, 0.2) is 23.0 Å². The van der Waals surface area contributed by atoms with Crippen LogP contribution in [-0.4, -0.2) is 9.55 Å². The average molecular weight is 244 g/mol. The second kappa shape index (κ2) is 3.65. The maximum absolute atomic E-state index is 12.7. The SMILES string of the molecule is CC(C)n1c(=O)[nH]c2c(C(F)(F)F)cccc21. The topological polar surface area (TPSA) is 37.8 Å². The van der Waals surface area contributed by atoms with Gasteiger partial charge in [-0.3, -0.25) is 4.57 Å². The first-order valence-electron chi connectivity index (χ1n) is 5.13. The quantitative estimate of drug-likeness (QED) is 0.822. The molecule has 0 aliphatic heterocycles. The third-order valence-electron chi connectivity index (χ3n) is 2.57. The first-order valence-corrected chi connectivity index (χ1v) is 5.13. The molecule has 1 aromatic heterocycles. The van der Waals surface area contributed by atoms with Gasteiger partial charge < -0.3 is 4.98 Å². The standard InChI is InChI=1S/C11H11F3N2O/c1-6(2)16-8-5-3-4-7(11(12,13)14)9(8)15-10(16)17/h3-6H,1-2H3,(H,15,17). The van der Waals surface area contributed by atoms with Crippen LogP contribution >= 0.6 is 0 Å². The van der Waals surface area contributed by atoms with E-state index >= 15 is 0 Å². The van der Waals surface area contributed by atoms with Crippen molar-refractivity contribution in [1.29, 1.82) is 0 Å². The van der Waals surface area contributed by atoms with Crippen LogP contribution in [-0.2, 0) is 6.18 Å². The van der Waals surface area contributed by atoms with E-state index in [4.69, 9.17) is 0 Å². The van der Waals surface area contributed by atoms with Crippen molar-refractivity contribution < 1.29 is 13.2 Å². The number of fused-ring (bicyclic) bond motifs is 1. The van der Waals surface area contributed by atoms with E-state index < -0.39 is 17.4 Å². The lowest BCUT2D eigenvalue weighted by Crippen LogP contribution is -2.18. The van der Waals surface area contributed by atoms with Crippen molar-refractivity contribution in [3.05, 3.63) is 34.2 Å². The van der Waals surface area contributed by atoms with Gasteiger partial charge in [0.25, 0.3) is 0 Å². The molecule has 0 saturated heterocycles. The van der Waals surface area contributed by atoms with Crippen LogP contribution in [0.5, 0.6) is 0 Å². The van der Waals surface area contributed by atoms with Gasteiger partial charge in [0.15, 0.2) is 0 Å². The molecule has 3 nitrogen and oxygen atoms in total. The number of benzene rings is 1. The summed E-state index contributed by atoms with van der Waals surface area (Å²) in [5.41, 5.74) is -1.21. The predicted molar refractivity (Wildman–Crippen MR) is 57.9 cm³/mol. The van der Waals surface area contributed by atoms with Crippen LogP contribution in [0.25, 0.3) is 11.0 Å². The lowest BCUT2D eigenvalue weighted by Gasteiger charge is -2.09. The second-order valence-electron chi connectivity index (χ2n) is 4.09. The van der Waals surface area contributed by atoms with E-state index in [1.807, 2.05) is 0 Å². The van der Waals surface area contributed by atoms with Gasteiger partial charge in [-0.1, -0.05) is 6.07 Å². The number of para-hydroxylation sites is 1. The van der Waals surface area contributed by atoms with Crippen LogP contribution < -0.4 is 5.69 Å². The number of imidazole rings is 1. The number of nitrogens with one attached hydrogen (secondary N) is 1. The highest BCUT2D eigenvalue weighted by molar-refractivity contribution is 5.79. The van der Waals surface area contributed by atoms with Gasteiger partial charge in [0.1, 0.15) is 0 Å². The number of aromatic amines is 1. The van der Waals surface area contributed by atoms with Crippen molar-refractivity contribution in [3.63, 3.8) is 0 Å². The van der Waals surface area contributed by atoms with Gasteiger partial charge in [0.05, 0.1) is 16.6 Å². The summed E-state index contributed by atoms with van der Waals surface area (Å²) in [4.78, 5) is 13.9. The molecule has 0 saturated carbocycles. The Bertz CT molecular complexity index is 607. The Morgan fingerprint density at radius 2 is 1.94 bits per heavy atom. The summed E-state index contributed by atoms with van der Waals surface area (Å²) in [6.07, 6.45) is -4.47. The summed E-state index contributed by atoms with van der Waals surface area (Å²) in [5.74, 6) is 0. The average Bonchev–Trinajstić information content (AvgIpc) is 2.51. The molecule has 1 aromatic carbocycles. The van der Waals surface area contributed by atoms with Crippen molar-refractivity contribution in [2.75, 3.05) is 0 Å². The Hall–Kier alpha value is -1.72. The Kier molecular flexibility index (Phi) is 2.52. The molecule has 0 aliphatic carbocycles. The van der Waals surface area contributed by atoms with E-state index in [-0.39, 0.29) is 17.1 Å². The number of rotatable bonds is 1. The summed E-state index contributed by atoms with van der Waals surface area (Å²) >= 11 is 0. The molecular formula is C11H11F3N2O. The molecular weight excluding hydrogens is 233 g/mol. The van der Waals surface area contributed by atoms with E-state index in [0.29, 0.717) is 0 Å². The number of nitrogens with zero attached hydrogens (tertiary/aromatic N) is 1. The number of alkyl halides is 3. The van der Waals surface area contributed by atoms with E-state index in [2.05, 4.69) is 4.98 Å². The van der Waals surface area contributed by atoms with Gasteiger partial charge in [0, 0.05) is 6.04 Å². The molecule has 2 aromatic rings.